The van der Waals surface area contributed by atoms with Gasteiger partial charge in [0.05, 0.1) is 6.07 Å². The van der Waals surface area contributed by atoms with E-state index in [2.05, 4.69) is 67.8 Å². The highest BCUT2D eigenvalue weighted by atomic mass is 15.1. The molecular formula is C17H27N3. The van der Waals surface area contributed by atoms with Crippen LogP contribution in [0.4, 0.5) is 0 Å². The van der Waals surface area contributed by atoms with E-state index in [1.165, 1.54) is 5.56 Å². The van der Waals surface area contributed by atoms with Gasteiger partial charge in [-0.05, 0) is 37.3 Å². The average molecular weight is 273 g/mol. The maximum absolute atomic E-state index is 9.40. The SMILES string of the molecule is CCN(CC)Cc1ccc(C(C#N)N(CC)CC)cc1. The van der Waals surface area contributed by atoms with Gasteiger partial charge in [0.2, 0.25) is 0 Å². The van der Waals surface area contributed by atoms with Gasteiger partial charge in [-0.15, -0.1) is 0 Å². The largest absolute Gasteiger partial charge is 0.300 e. The van der Waals surface area contributed by atoms with Crippen LogP contribution in [0.2, 0.25) is 0 Å². The van der Waals surface area contributed by atoms with Crippen LogP contribution in [-0.2, 0) is 6.54 Å². The molecule has 0 amide bonds. The van der Waals surface area contributed by atoms with E-state index in [1.807, 2.05) is 0 Å². The van der Waals surface area contributed by atoms with E-state index in [1.54, 1.807) is 0 Å². The summed E-state index contributed by atoms with van der Waals surface area (Å²) in [5.41, 5.74) is 2.41. The van der Waals surface area contributed by atoms with Gasteiger partial charge < -0.3 is 0 Å². The molecule has 3 nitrogen and oxygen atoms in total. The van der Waals surface area contributed by atoms with E-state index in [0.717, 1.165) is 38.3 Å². The molecule has 1 aromatic carbocycles. The summed E-state index contributed by atoms with van der Waals surface area (Å²) >= 11 is 0. The summed E-state index contributed by atoms with van der Waals surface area (Å²) in [6.45, 7) is 13.5. The van der Waals surface area contributed by atoms with Gasteiger partial charge in [-0.2, -0.15) is 5.26 Å². The quantitative estimate of drug-likeness (QED) is 0.727. The van der Waals surface area contributed by atoms with Gasteiger partial charge in [-0.25, -0.2) is 0 Å². The van der Waals surface area contributed by atoms with Crippen LogP contribution in [0.1, 0.15) is 44.9 Å². The molecule has 1 aromatic rings. The van der Waals surface area contributed by atoms with Crippen LogP contribution in [0.15, 0.2) is 24.3 Å². The third-order valence-electron chi connectivity index (χ3n) is 3.90. The molecule has 3 heteroatoms. The molecule has 0 heterocycles. The van der Waals surface area contributed by atoms with Gasteiger partial charge in [-0.3, -0.25) is 9.80 Å². The normalized spacial score (nSPS) is 12.7. The second-order valence-corrected chi connectivity index (χ2v) is 4.96. The molecule has 0 saturated heterocycles. The Bertz CT molecular complexity index is 411. The Labute approximate surface area is 123 Å². The van der Waals surface area contributed by atoms with E-state index in [-0.39, 0.29) is 6.04 Å². The smallest absolute Gasteiger partial charge is 0.123 e. The van der Waals surface area contributed by atoms with Gasteiger partial charge in [0.25, 0.3) is 0 Å². The van der Waals surface area contributed by atoms with Gasteiger partial charge in [-0.1, -0.05) is 52.0 Å². The molecule has 0 radical (unpaired) electrons. The molecule has 110 valence electrons. The number of benzene rings is 1. The third-order valence-corrected chi connectivity index (χ3v) is 3.90. The molecule has 0 aliphatic heterocycles. The topological polar surface area (TPSA) is 30.3 Å². The van der Waals surface area contributed by atoms with Crippen molar-refractivity contribution in [3.8, 4) is 6.07 Å². The van der Waals surface area contributed by atoms with Crippen molar-refractivity contribution in [2.45, 2.75) is 40.3 Å². The lowest BCUT2D eigenvalue weighted by atomic mass is 10.0. The first kappa shape index (κ1) is 16.7. The number of hydrogen-bond acceptors (Lipinski definition) is 3. The van der Waals surface area contributed by atoms with Gasteiger partial charge in [0.1, 0.15) is 6.04 Å². The highest BCUT2D eigenvalue weighted by molar-refractivity contribution is 5.28. The highest BCUT2D eigenvalue weighted by Crippen LogP contribution is 2.20. The third kappa shape index (κ3) is 4.33. The Morgan fingerprint density at radius 2 is 1.50 bits per heavy atom. The first-order valence-corrected chi connectivity index (χ1v) is 7.64. The van der Waals surface area contributed by atoms with Crippen molar-refractivity contribution in [1.29, 1.82) is 5.26 Å². The fourth-order valence-electron chi connectivity index (χ4n) is 2.47. The van der Waals surface area contributed by atoms with Crippen LogP contribution in [-0.4, -0.2) is 36.0 Å². The second-order valence-electron chi connectivity index (χ2n) is 4.96. The van der Waals surface area contributed by atoms with Crippen LogP contribution in [0.3, 0.4) is 0 Å². The zero-order valence-corrected chi connectivity index (χ0v) is 13.3. The average Bonchev–Trinajstić information content (AvgIpc) is 2.51. The molecule has 0 aromatic heterocycles. The summed E-state index contributed by atoms with van der Waals surface area (Å²) in [6, 6.07) is 10.8. The molecule has 0 aliphatic rings. The van der Waals surface area contributed by atoms with Crippen LogP contribution >= 0.6 is 0 Å². The summed E-state index contributed by atoms with van der Waals surface area (Å²) in [4.78, 5) is 4.57. The number of nitrogens with zero attached hydrogens (tertiary/aromatic N) is 3. The van der Waals surface area contributed by atoms with Crippen LogP contribution in [0.5, 0.6) is 0 Å². The zero-order valence-electron chi connectivity index (χ0n) is 13.3. The lowest BCUT2D eigenvalue weighted by Crippen LogP contribution is -2.27. The Hall–Kier alpha value is -1.37. The van der Waals surface area contributed by atoms with Crippen molar-refractivity contribution >= 4 is 0 Å². The van der Waals surface area contributed by atoms with Crippen molar-refractivity contribution in [3.63, 3.8) is 0 Å². The molecular weight excluding hydrogens is 246 g/mol. The van der Waals surface area contributed by atoms with Crippen molar-refractivity contribution in [3.05, 3.63) is 35.4 Å². The molecule has 1 unspecified atom stereocenters. The Morgan fingerprint density at radius 1 is 0.950 bits per heavy atom. The van der Waals surface area contributed by atoms with Crippen LogP contribution in [0.25, 0.3) is 0 Å². The molecule has 0 aliphatic carbocycles. The fraction of sp³-hybridized carbons (Fsp3) is 0.588. The molecule has 0 N–H and O–H groups in total. The first-order chi connectivity index (χ1) is 9.69. The summed E-state index contributed by atoms with van der Waals surface area (Å²) < 4.78 is 0. The van der Waals surface area contributed by atoms with Gasteiger partial charge in [0, 0.05) is 6.54 Å². The van der Waals surface area contributed by atoms with E-state index >= 15 is 0 Å². The number of nitriles is 1. The lowest BCUT2D eigenvalue weighted by molar-refractivity contribution is 0.262. The molecule has 1 atom stereocenters. The maximum atomic E-state index is 9.40. The van der Waals surface area contributed by atoms with Crippen LogP contribution < -0.4 is 0 Å². The zero-order chi connectivity index (χ0) is 15.0. The van der Waals surface area contributed by atoms with E-state index in [4.69, 9.17) is 0 Å². The summed E-state index contributed by atoms with van der Waals surface area (Å²) in [6.07, 6.45) is 0. The molecule has 0 fully saturated rings. The predicted molar refractivity (Wildman–Crippen MR) is 84.3 cm³/mol. The molecule has 1 rings (SSSR count). The lowest BCUT2D eigenvalue weighted by Gasteiger charge is -2.24. The Balaban J connectivity index is 2.81. The summed E-state index contributed by atoms with van der Waals surface area (Å²) in [5, 5.41) is 9.40. The Morgan fingerprint density at radius 3 is 1.90 bits per heavy atom. The molecule has 0 saturated carbocycles. The monoisotopic (exact) mass is 273 g/mol. The summed E-state index contributed by atoms with van der Waals surface area (Å²) in [7, 11) is 0. The van der Waals surface area contributed by atoms with Crippen molar-refractivity contribution < 1.29 is 0 Å². The van der Waals surface area contributed by atoms with E-state index < -0.39 is 0 Å². The fourth-order valence-corrected chi connectivity index (χ4v) is 2.47. The standard InChI is InChI=1S/C17H27N3/c1-5-19(6-2)14-15-9-11-16(12-10-15)17(13-18)20(7-3)8-4/h9-12,17H,5-8,14H2,1-4H3. The van der Waals surface area contributed by atoms with Crippen molar-refractivity contribution in [2.75, 3.05) is 26.2 Å². The molecule has 20 heavy (non-hydrogen) atoms. The minimum absolute atomic E-state index is 0.132. The maximum Gasteiger partial charge on any atom is 0.123 e. The van der Waals surface area contributed by atoms with Gasteiger partial charge >= 0.3 is 0 Å². The first-order valence-electron chi connectivity index (χ1n) is 7.64. The molecule has 0 spiro atoms. The van der Waals surface area contributed by atoms with Crippen molar-refractivity contribution in [2.24, 2.45) is 0 Å². The molecule has 0 bridgehead atoms. The number of hydrogen-bond donors (Lipinski definition) is 0. The predicted octanol–water partition coefficient (Wildman–Crippen LogP) is 3.43. The van der Waals surface area contributed by atoms with E-state index in [0.29, 0.717) is 0 Å². The number of rotatable bonds is 8. The summed E-state index contributed by atoms with van der Waals surface area (Å²) in [5.74, 6) is 0. The van der Waals surface area contributed by atoms with E-state index in [9.17, 15) is 5.26 Å². The van der Waals surface area contributed by atoms with Crippen molar-refractivity contribution in [1.82, 2.24) is 9.80 Å². The highest BCUT2D eigenvalue weighted by Gasteiger charge is 2.16. The van der Waals surface area contributed by atoms with Crippen LogP contribution in [0, 0.1) is 11.3 Å². The Kier molecular flexibility index (Phi) is 7.28. The van der Waals surface area contributed by atoms with Gasteiger partial charge in [0.15, 0.2) is 0 Å². The minimum atomic E-state index is -0.132. The second kappa shape index (κ2) is 8.73. The minimum Gasteiger partial charge on any atom is -0.300 e.